The van der Waals surface area contributed by atoms with E-state index in [1.807, 2.05) is 0 Å². The summed E-state index contributed by atoms with van der Waals surface area (Å²) in [4.78, 5) is 8.48. The van der Waals surface area contributed by atoms with Crippen LogP contribution in [0.2, 0.25) is 0 Å². The number of hydrogen-bond donors (Lipinski definition) is 0. The molecular formula is C23H30F2N2. The van der Waals surface area contributed by atoms with Gasteiger partial charge in [0.05, 0.1) is 5.56 Å². The van der Waals surface area contributed by atoms with E-state index < -0.39 is 11.6 Å². The summed E-state index contributed by atoms with van der Waals surface area (Å²) in [7, 11) is 0. The molecule has 2 nitrogen and oxygen atoms in total. The summed E-state index contributed by atoms with van der Waals surface area (Å²) in [6, 6.07) is 3.08. The Morgan fingerprint density at radius 2 is 1.48 bits per heavy atom. The topological polar surface area (TPSA) is 25.8 Å². The summed E-state index contributed by atoms with van der Waals surface area (Å²) >= 11 is 0. The third-order valence-electron chi connectivity index (χ3n) is 4.72. The molecular weight excluding hydrogens is 342 g/mol. The fraction of sp³-hybridized carbons (Fsp3) is 0.478. The highest BCUT2D eigenvalue weighted by atomic mass is 19.2. The van der Waals surface area contributed by atoms with Gasteiger partial charge in [0, 0.05) is 18.0 Å². The molecule has 0 spiro atoms. The zero-order valence-corrected chi connectivity index (χ0v) is 16.5. The predicted molar refractivity (Wildman–Crippen MR) is 108 cm³/mol. The average Bonchev–Trinajstić information content (AvgIpc) is 2.68. The SMILES string of the molecule is C/C=C/c1ccc(-c2ncc(CCCCCCCCCC)cn2)c(F)c1F. The smallest absolute Gasteiger partial charge is 0.170 e. The lowest BCUT2D eigenvalue weighted by Gasteiger charge is -2.06. The van der Waals surface area contributed by atoms with E-state index in [-0.39, 0.29) is 17.0 Å². The van der Waals surface area contributed by atoms with Crippen molar-refractivity contribution in [2.24, 2.45) is 0 Å². The first kappa shape index (κ1) is 21.2. The Bertz CT molecular complexity index is 724. The first-order chi connectivity index (χ1) is 13.2. The molecule has 0 amide bonds. The number of allylic oxidation sites excluding steroid dienone is 1. The number of rotatable bonds is 11. The number of aromatic nitrogens is 2. The summed E-state index contributed by atoms with van der Waals surface area (Å²) in [6.07, 6.45) is 17.8. The summed E-state index contributed by atoms with van der Waals surface area (Å²) in [5, 5.41) is 0. The fourth-order valence-corrected chi connectivity index (χ4v) is 3.13. The predicted octanol–water partition coefficient (Wildman–Crippen LogP) is 7.14. The van der Waals surface area contributed by atoms with Crippen LogP contribution in [0.3, 0.4) is 0 Å². The second-order valence-electron chi connectivity index (χ2n) is 6.97. The molecule has 1 heterocycles. The van der Waals surface area contributed by atoms with Crippen LogP contribution in [0.5, 0.6) is 0 Å². The molecule has 0 saturated carbocycles. The molecule has 1 aromatic carbocycles. The van der Waals surface area contributed by atoms with Gasteiger partial charge >= 0.3 is 0 Å². The monoisotopic (exact) mass is 372 g/mol. The van der Waals surface area contributed by atoms with Crippen molar-refractivity contribution in [1.29, 1.82) is 0 Å². The average molecular weight is 373 g/mol. The number of halogens is 2. The van der Waals surface area contributed by atoms with E-state index in [2.05, 4.69) is 16.9 Å². The van der Waals surface area contributed by atoms with Crippen molar-refractivity contribution in [2.45, 2.75) is 71.6 Å². The lowest BCUT2D eigenvalue weighted by atomic mass is 10.1. The zero-order valence-electron chi connectivity index (χ0n) is 16.5. The standard InChI is InChI=1S/C23H30F2N2/c1-3-5-6-7-8-9-10-11-13-18-16-26-23(27-17-18)20-15-14-19(12-4-2)21(24)22(20)25/h4,12,14-17H,3,5-11,13H2,1-2H3/b12-4+. The second-order valence-corrected chi connectivity index (χ2v) is 6.97. The molecule has 1 aromatic heterocycles. The van der Waals surface area contributed by atoms with Crippen LogP contribution in [0.15, 0.2) is 30.6 Å². The van der Waals surface area contributed by atoms with E-state index in [0.29, 0.717) is 0 Å². The van der Waals surface area contributed by atoms with Crippen molar-refractivity contribution in [1.82, 2.24) is 9.97 Å². The molecule has 27 heavy (non-hydrogen) atoms. The Morgan fingerprint density at radius 3 is 2.11 bits per heavy atom. The Hall–Kier alpha value is -2.10. The maximum absolute atomic E-state index is 14.3. The zero-order chi connectivity index (χ0) is 19.5. The molecule has 4 heteroatoms. The number of hydrogen-bond acceptors (Lipinski definition) is 2. The van der Waals surface area contributed by atoms with Gasteiger partial charge < -0.3 is 0 Å². The molecule has 2 aromatic rings. The maximum atomic E-state index is 14.3. The van der Waals surface area contributed by atoms with Crippen LogP contribution >= 0.6 is 0 Å². The van der Waals surface area contributed by atoms with E-state index in [1.165, 1.54) is 57.1 Å². The minimum absolute atomic E-state index is 0.0967. The summed E-state index contributed by atoms with van der Waals surface area (Å²) in [6.45, 7) is 4.00. The van der Waals surface area contributed by atoms with Gasteiger partial charge in [-0.15, -0.1) is 0 Å². The summed E-state index contributed by atoms with van der Waals surface area (Å²) in [5.74, 6) is -1.54. The molecule has 0 aliphatic rings. The van der Waals surface area contributed by atoms with Crippen LogP contribution in [-0.4, -0.2) is 9.97 Å². The molecule has 0 aliphatic carbocycles. The maximum Gasteiger partial charge on any atom is 0.170 e. The minimum Gasteiger partial charge on any atom is -0.236 e. The number of unbranched alkanes of at least 4 members (excludes halogenated alkanes) is 7. The summed E-state index contributed by atoms with van der Waals surface area (Å²) in [5.41, 5.74) is 1.36. The highest BCUT2D eigenvalue weighted by Crippen LogP contribution is 2.24. The van der Waals surface area contributed by atoms with Gasteiger partial charge in [0.25, 0.3) is 0 Å². The van der Waals surface area contributed by atoms with E-state index >= 15 is 0 Å². The third-order valence-corrected chi connectivity index (χ3v) is 4.72. The lowest BCUT2D eigenvalue weighted by molar-refractivity contribution is 0.509. The van der Waals surface area contributed by atoms with Crippen molar-refractivity contribution < 1.29 is 8.78 Å². The van der Waals surface area contributed by atoms with Gasteiger partial charge in [-0.25, -0.2) is 18.7 Å². The van der Waals surface area contributed by atoms with E-state index in [1.54, 1.807) is 31.5 Å². The Labute approximate surface area is 161 Å². The lowest BCUT2D eigenvalue weighted by Crippen LogP contribution is -1.98. The Kier molecular flexibility index (Phi) is 9.09. The third kappa shape index (κ3) is 6.53. The molecule has 2 rings (SSSR count). The summed E-state index contributed by atoms with van der Waals surface area (Å²) < 4.78 is 28.4. The first-order valence-corrected chi connectivity index (χ1v) is 10.1. The van der Waals surface area contributed by atoms with Crippen LogP contribution in [0.25, 0.3) is 17.5 Å². The minimum atomic E-state index is -0.901. The molecule has 0 atom stereocenters. The largest absolute Gasteiger partial charge is 0.236 e. The van der Waals surface area contributed by atoms with Crippen LogP contribution in [-0.2, 0) is 6.42 Å². The Morgan fingerprint density at radius 1 is 0.852 bits per heavy atom. The Balaban J connectivity index is 1.86. The normalized spacial score (nSPS) is 11.4. The fourth-order valence-electron chi connectivity index (χ4n) is 3.13. The molecule has 0 N–H and O–H groups in total. The molecule has 0 saturated heterocycles. The van der Waals surface area contributed by atoms with Gasteiger partial charge in [0.1, 0.15) is 0 Å². The molecule has 0 radical (unpaired) electrons. The van der Waals surface area contributed by atoms with Gasteiger partial charge in [-0.1, -0.05) is 70.1 Å². The van der Waals surface area contributed by atoms with E-state index in [9.17, 15) is 8.78 Å². The highest BCUT2D eigenvalue weighted by molar-refractivity contribution is 5.61. The number of nitrogens with zero attached hydrogens (tertiary/aromatic N) is 2. The first-order valence-electron chi connectivity index (χ1n) is 10.1. The van der Waals surface area contributed by atoms with Crippen molar-refractivity contribution in [3.05, 3.63) is 53.4 Å². The molecule has 146 valence electrons. The van der Waals surface area contributed by atoms with Crippen molar-refractivity contribution in [2.75, 3.05) is 0 Å². The van der Waals surface area contributed by atoms with Crippen LogP contribution in [0.4, 0.5) is 8.78 Å². The quantitative estimate of drug-likeness (QED) is 0.392. The van der Waals surface area contributed by atoms with E-state index in [0.717, 1.165) is 18.4 Å². The van der Waals surface area contributed by atoms with Gasteiger partial charge in [0.15, 0.2) is 17.5 Å². The molecule has 0 bridgehead atoms. The number of benzene rings is 1. The molecule has 0 aliphatic heterocycles. The molecule has 0 fully saturated rings. The van der Waals surface area contributed by atoms with E-state index in [4.69, 9.17) is 0 Å². The van der Waals surface area contributed by atoms with Crippen molar-refractivity contribution >= 4 is 6.08 Å². The highest BCUT2D eigenvalue weighted by Gasteiger charge is 2.15. The van der Waals surface area contributed by atoms with Gasteiger partial charge in [0.2, 0.25) is 0 Å². The second kappa shape index (κ2) is 11.6. The van der Waals surface area contributed by atoms with Crippen LogP contribution in [0.1, 0.15) is 76.3 Å². The van der Waals surface area contributed by atoms with Crippen molar-refractivity contribution in [3.63, 3.8) is 0 Å². The molecule has 0 unspecified atom stereocenters. The van der Waals surface area contributed by atoms with Crippen LogP contribution < -0.4 is 0 Å². The van der Waals surface area contributed by atoms with Crippen LogP contribution in [0, 0.1) is 11.6 Å². The van der Waals surface area contributed by atoms with Gasteiger partial charge in [-0.05, 0) is 31.4 Å². The van der Waals surface area contributed by atoms with Gasteiger partial charge in [-0.2, -0.15) is 0 Å². The number of aryl methyl sites for hydroxylation is 1. The van der Waals surface area contributed by atoms with Crippen molar-refractivity contribution in [3.8, 4) is 11.4 Å². The van der Waals surface area contributed by atoms with Gasteiger partial charge in [-0.3, -0.25) is 0 Å².